The molecule has 3 heterocycles. The quantitative estimate of drug-likeness (QED) is 0.624. The highest BCUT2D eigenvalue weighted by molar-refractivity contribution is 6.15. The number of benzene rings is 1. The SMILES string of the molecule is CO[C@@]1(C(=O)N(C)c2ccc3c(c2)CN=C3c2ccnc(C3CC3)c2)CCN(C(=O)OC(C)(C)C)C1. The standard InChI is InChI=1S/C28H34N4O4/c1-27(2,3)36-26(34)32-13-11-28(17-32,35-5)25(33)31(4)21-8-9-22-20(14-21)16-30-24(22)19-10-12-29-23(15-19)18-6-7-18/h8-10,12,14-15,18H,6-7,11,13,16-17H2,1-5H3/t28-/m0/s1. The van der Waals surface area contributed by atoms with Gasteiger partial charge >= 0.3 is 6.09 Å². The van der Waals surface area contributed by atoms with Crippen molar-refractivity contribution in [1.82, 2.24) is 9.88 Å². The highest BCUT2D eigenvalue weighted by atomic mass is 16.6. The van der Waals surface area contributed by atoms with Gasteiger partial charge in [0.15, 0.2) is 5.60 Å². The molecule has 1 aromatic heterocycles. The van der Waals surface area contributed by atoms with Crippen molar-refractivity contribution in [3.05, 3.63) is 58.9 Å². The lowest BCUT2D eigenvalue weighted by Gasteiger charge is -2.32. The van der Waals surface area contributed by atoms with Gasteiger partial charge in [0, 0.05) is 61.7 Å². The minimum Gasteiger partial charge on any atom is -0.444 e. The molecule has 1 aliphatic carbocycles. The van der Waals surface area contributed by atoms with Gasteiger partial charge in [-0.3, -0.25) is 14.8 Å². The molecule has 1 aromatic carbocycles. The van der Waals surface area contributed by atoms with E-state index in [2.05, 4.69) is 11.1 Å². The van der Waals surface area contributed by atoms with Crippen LogP contribution in [0.4, 0.5) is 10.5 Å². The van der Waals surface area contributed by atoms with Crippen molar-refractivity contribution in [3.63, 3.8) is 0 Å². The number of rotatable bonds is 5. The van der Waals surface area contributed by atoms with Gasteiger partial charge in [-0.15, -0.1) is 0 Å². The Labute approximate surface area is 212 Å². The van der Waals surface area contributed by atoms with E-state index in [0.717, 1.165) is 33.8 Å². The van der Waals surface area contributed by atoms with Crippen molar-refractivity contribution >= 4 is 23.4 Å². The molecule has 8 nitrogen and oxygen atoms in total. The third kappa shape index (κ3) is 4.62. The van der Waals surface area contributed by atoms with E-state index < -0.39 is 17.3 Å². The van der Waals surface area contributed by atoms with E-state index in [-0.39, 0.29) is 12.5 Å². The van der Waals surface area contributed by atoms with Gasteiger partial charge in [-0.25, -0.2) is 4.79 Å². The number of aromatic nitrogens is 1. The zero-order valence-corrected chi connectivity index (χ0v) is 21.7. The summed E-state index contributed by atoms with van der Waals surface area (Å²) >= 11 is 0. The van der Waals surface area contributed by atoms with Gasteiger partial charge < -0.3 is 19.3 Å². The number of fused-ring (bicyclic) bond motifs is 1. The summed E-state index contributed by atoms with van der Waals surface area (Å²) in [4.78, 5) is 38.7. The van der Waals surface area contributed by atoms with Crippen LogP contribution in [0.1, 0.15) is 68.3 Å². The van der Waals surface area contributed by atoms with Crippen molar-refractivity contribution in [2.45, 2.75) is 63.7 Å². The van der Waals surface area contributed by atoms with E-state index in [4.69, 9.17) is 14.5 Å². The van der Waals surface area contributed by atoms with Gasteiger partial charge in [-0.05, 0) is 63.4 Å². The molecule has 0 radical (unpaired) electrons. The van der Waals surface area contributed by atoms with Gasteiger partial charge in [-0.1, -0.05) is 6.07 Å². The van der Waals surface area contributed by atoms with E-state index in [1.807, 2.05) is 51.2 Å². The molecule has 2 aromatic rings. The molecule has 1 saturated heterocycles. The summed E-state index contributed by atoms with van der Waals surface area (Å²) in [5.74, 6) is 0.404. The molecule has 0 N–H and O–H groups in total. The largest absolute Gasteiger partial charge is 0.444 e. The minimum atomic E-state index is -1.11. The molecule has 1 saturated carbocycles. The molecule has 5 rings (SSSR count). The summed E-state index contributed by atoms with van der Waals surface area (Å²) in [6, 6.07) is 10.2. The van der Waals surface area contributed by atoms with Crippen LogP contribution in [0.3, 0.4) is 0 Å². The summed E-state index contributed by atoms with van der Waals surface area (Å²) in [5.41, 5.74) is 4.45. The fourth-order valence-electron chi connectivity index (χ4n) is 4.96. The maximum atomic E-state index is 13.6. The summed E-state index contributed by atoms with van der Waals surface area (Å²) in [5, 5.41) is 0. The predicted molar refractivity (Wildman–Crippen MR) is 138 cm³/mol. The first-order valence-corrected chi connectivity index (χ1v) is 12.6. The van der Waals surface area contributed by atoms with Crippen LogP contribution in [-0.4, -0.2) is 66.0 Å². The molecule has 8 heteroatoms. The van der Waals surface area contributed by atoms with Gasteiger partial charge in [-0.2, -0.15) is 0 Å². The molecule has 36 heavy (non-hydrogen) atoms. The van der Waals surface area contributed by atoms with Crippen LogP contribution in [0.15, 0.2) is 41.5 Å². The van der Waals surface area contributed by atoms with Crippen LogP contribution < -0.4 is 4.90 Å². The zero-order valence-electron chi connectivity index (χ0n) is 21.7. The molecule has 2 aliphatic heterocycles. The van der Waals surface area contributed by atoms with Crippen molar-refractivity contribution in [2.24, 2.45) is 4.99 Å². The number of methoxy groups -OCH3 is 1. The van der Waals surface area contributed by atoms with E-state index in [9.17, 15) is 9.59 Å². The number of carbonyl (C=O) groups excluding carboxylic acids is 2. The maximum Gasteiger partial charge on any atom is 0.410 e. The summed E-state index contributed by atoms with van der Waals surface area (Å²) in [6.45, 7) is 6.61. The average Bonchev–Trinajstić information content (AvgIpc) is 3.47. The van der Waals surface area contributed by atoms with Crippen molar-refractivity contribution in [2.75, 3.05) is 32.1 Å². The van der Waals surface area contributed by atoms with Crippen molar-refractivity contribution in [1.29, 1.82) is 0 Å². The Morgan fingerprint density at radius 3 is 2.64 bits per heavy atom. The highest BCUT2D eigenvalue weighted by Crippen LogP contribution is 2.39. The normalized spacial score (nSPS) is 21.2. The number of likely N-dealkylation sites (tertiary alicyclic amines) is 1. The lowest BCUT2D eigenvalue weighted by Crippen LogP contribution is -2.51. The highest BCUT2D eigenvalue weighted by Gasteiger charge is 2.49. The first-order valence-electron chi connectivity index (χ1n) is 12.6. The first-order chi connectivity index (χ1) is 17.1. The number of hydrogen-bond donors (Lipinski definition) is 0. The third-order valence-corrected chi connectivity index (χ3v) is 7.16. The van der Waals surface area contributed by atoms with Crippen LogP contribution in [0, 0.1) is 0 Å². The molecular formula is C28H34N4O4. The lowest BCUT2D eigenvalue weighted by atomic mass is 9.98. The molecule has 0 unspecified atom stereocenters. The molecule has 0 spiro atoms. The fraction of sp³-hybridized carbons (Fsp3) is 0.500. The summed E-state index contributed by atoms with van der Waals surface area (Å²) in [7, 11) is 3.28. The third-order valence-electron chi connectivity index (χ3n) is 7.16. The van der Waals surface area contributed by atoms with Gasteiger partial charge in [0.2, 0.25) is 0 Å². The first kappa shape index (κ1) is 24.4. The number of pyridine rings is 1. The van der Waals surface area contributed by atoms with Gasteiger partial charge in [0.05, 0.1) is 18.8 Å². The Morgan fingerprint density at radius 2 is 1.94 bits per heavy atom. The van der Waals surface area contributed by atoms with Crippen molar-refractivity contribution < 1.29 is 19.1 Å². The lowest BCUT2D eigenvalue weighted by molar-refractivity contribution is -0.138. The Bertz CT molecular complexity index is 1230. The number of carbonyl (C=O) groups is 2. The Hall–Kier alpha value is -3.26. The second-order valence-corrected chi connectivity index (χ2v) is 11.0. The van der Waals surface area contributed by atoms with E-state index in [1.54, 1.807) is 16.8 Å². The topological polar surface area (TPSA) is 84.3 Å². The number of hydrogen-bond acceptors (Lipinski definition) is 6. The zero-order chi connectivity index (χ0) is 25.7. The number of aliphatic imine (C=N–C) groups is 1. The van der Waals surface area contributed by atoms with Crippen LogP contribution in [0.25, 0.3) is 0 Å². The molecule has 3 aliphatic rings. The smallest absolute Gasteiger partial charge is 0.410 e. The molecule has 0 bridgehead atoms. The molecule has 2 amide bonds. The fourth-order valence-corrected chi connectivity index (χ4v) is 4.96. The Balaban J connectivity index is 1.32. The molecule has 2 fully saturated rings. The van der Waals surface area contributed by atoms with Gasteiger partial charge in [0.25, 0.3) is 5.91 Å². The number of anilines is 1. The van der Waals surface area contributed by atoms with Crippen LogP contribution in [-0.2, 0) is 20.8 Å². The number of amides is 2. The summed E-state index contributed by atoms with van der Waals surface area (Å²) < 4.78 is 11.2. The molecule has 190 valence electrons. The van der Waals surface area contributed by atoms with Crippen LogP contribution in [0.5, 0.6) is 0 Å². The molecule has 1 atom stereocenters. The van der Waals surface area contributed by atoms with Gasteiger partial charge in [0.1, 0.15) is 5.60 Å². The number of likely N-dealkylation sites (N-methyl/N-ethyl adjacent to an activating group) is 1. The Kier molecular flexibility index (Phi) is 6.11. The predicted octanol–water partition coefficient (Wildman–Crippen LogP) is 4.30. The van der Waals surface area contributed by atoms with E-state index in [1.165, 1.54) is 20.0 Å². The minimum absolute atomic E-state index is 0.158. The van der Waals surface area contributed by atoms with Crippen molar-refractivity contribution in [3.8, 4) is 0 Å². The maximum absolute atomic E-state index is 13.6. The number of ether oxygens (including phenoxy) is 2. The average molecular weight is 491 g/mol. The van der Waals surface area contributed by atoms with E-state index in [0.29, 0.717) is 25.4 Å². The second kappa shape index (κ2) is 9.00. The molecular weight excluding hydrogens is 456 g/mol. The second-order valence-electron chi connectivity index (χ2n) is 11.0. The summed E-state index contributed by atoms with van der Waals surface area (Å²) in [6.07, 6.45) is 4.27. The van der Waals surface area contributed by atoms with Crippen LogP contribution in [0.2, 0.25) is 0 Å². The van der Waals surface area contributed by atoms with E-state index >= 15 is 0 Å². The monoisotopic (exact) mass is 490 g/mol. The van der Waals surface area contributed by atoms with Crippen LogP contribution >= 0.6 is 0 Å². The number of nitrogens with zero attached hydrogens (tertiary/aromatic N) is 4. The Morgan fingerprint density at radius 1 is 1.17 bits per heavy atom.